The minimum Gasteiger partial charge on any atom is -0.436 e. The molecule has 150 valence electrons. The average Bonchev–Trinajstić information content (AvgIpc) is 2.72. The van der Waals surface area contributed by atoms with Crippen LogP contribution in [-0.4, -0.2) is 40.5 Å². The number of piperazine rings is 1. The fraction of sp³-hybridized carbons (Fsp3) is 0.273. The van der Waals surface area contributed by atoms with Gasteiger partial charge >= 0.3 is 0 Å². The van der Waals surface area contributed by atoms with Crippen LogP contribution >= 0.6 is 11.6 Å². The highest BCUT2D eigenvalue weighted by atomic mass is 35.5. The second-order valence-electron chi connectivity index (χ2n) is 7.14. The van der Waals surface area contributed by atoms with E-state index < -0.39 is 5.82 Å². The summed E-state index contributed by atoms with van der Waals surface area (Å²) < 4.78 is 19.4. The van der Waals surface area contributed by atoms with Crippen molar-refractivity contribution in [1.29, 1.82) is 0 Å². The summed E-state index contributed by atoms with van der Waals surface area (Å²) in [6.07, 6.45) is 1.45. The Kier molecular flexibility index (Phi) is 5.92. The van der Waals surface area contributed by atoms with Crippen molar-refractivity contribution >= 4 is 17.4 Å². The topological polar surface area (TPSA) is 41.5 Å². The van der Waals surface area contributed by atoms with E-state index in [9.17, 15) is 4.39 Å². The first-order chi connectivity index (χ1) is 14.1. The van der Waals surface area contributed by atoms with Gasteiger partial charge in [0.1, 0.15) is 12.1 Å². The van der Waals surface area contributed by atoms with Gasteiger partial charge in [0.25, 0.3) is 0 Å². The molecular weight excluding hydrogens is 391 g/mol. The molecule has 2 aromatic carbocycles. The van der Waals surface area contributed by atoms with E-state index in [1.807, 2.05) is 18.2 Å². The quantitative estimate of drug-likeness (QED) is 0.603. The van der Waals surface area contributed by atoms with Crippen molar-refractivity contribution in [1.82, 2.24) is 14.9 Å². The Morgan fingerprint density at radius 2 is 1.97 bits per heavy atom. The van der Waals surface area contributed by atoms with Gasteiger partial charge in [0, 0.05) is 43.3 Å². The Hall–Kier alpha value is -2.70. The molecule has 0 spiro atoms. The molecule has 4 rings (SSSR count). The summed E-state index contributed by atoms with van der Waals surface area (Å²) in [5, 5.41) is 0.761. The molecule has 1 aromatic heterocycles. The van der Waals surface area contributed by atoms with Crippen LogP contribution < -0.4 is 9.64 Å². The predicted octanol–water partition coefficient (Wildman–Crippen LogP) is 4.77. The van der Waals surface area contributed by atoms with Gasteiger partial charge in [-0.25, -0.2) is 14.4 Å². The van der Waals surface area contributed by atoms with Crippen molar-refractivity contribution in [2.75, 3.05) is 24.5 Å². The number of ether oxygens (including phenoxy) is 1. The molecule has 0 unspecified atom stereocenters. The summed E-state index contributed by atoms with van der Waals surface area (Å²) in [6.45, 7) is 5.63. The molecule has 0 bridgehead atoms. The van der Waals surface area contributed by atoms with E-state index in [-0.39, 0.29) is 5.75 Å². The van der Waals surface area contributed by atoms with Crippen LogP contribution in [0.1, 0.15) is 12.5 Å². The number of benzene rings is 2. The third-order valence-corrected chi connectivity index (χ3v) is 5.28. The van der Waals surface area contributed by atoms with Crippen molar-refractivity contribution in [3.05, 3.63) is 77.3 Å². The number of para-hydroxylation sites is 1. The summed E-state index contributed by atoms with van der Waals surface area (Å²) in [4.78, 5) is 13.1. The summed E-state index contributed by atoms with van der Waals surface area (Å²) in [7, 11) is 0. The van der Waals surface area contributed by atoms with Crippen molar-refractivity contribution in [2.45, 2.75) is 19.5 Å². The molecule has 0 saturated carbocycles. The second-order valence-corrected chi connectivity index (χ2v) is 7.58. The average molecular weight is 413 g/mol. The first kappa shape index (κ1) is 19.6. The highest BCUT2D eigenvalue weighted by molar-refractivity contribution is 6.30. The summed E-state index contributed by atoms with van der Waals surface area (Å²) >= 11 is 6.11. The molecule has 0 aliphatic carbocycles. The predicted molar refractivity (Wildman–Crippen MR) is 112 cm³/mol. The van der Waals surface area contributed by atoms with E-state index in [1.54, 1.807) is 24.3 Å². The van der Waals surface area contributed by atoms with Crippen LogP contribution in [0.5, 0.6) is 11.6 Å². The van der Waals surface area contributed by atoms with Crippen LogP contribution in [0.2, 0.25) is 5.02 Å². The number of nitrogens with zero attached hydrogens (tertiary/aromatic N) is 4. The fourth-order valence-corrected chi connectivity index (χ4v) is 3.72. The van der Waals surface area contributed by atoms with Crippen LogP contribution in [0.3, 0.4) is 0 Å². The number of hydrogen-bond donors (Lipinski definition) is 0. The summed E-state index contributed by atoms with van der Waals surface area (Å²) in [5.74, 6) is 0.836. The molecule has 5 nitrogen and oxygen atoms in total. The minimum absolute atomic E-state index is 0.150. The summed E-state index contributed by atoms with van der Waals surface area (Å²) in [6, 6.07) is 16.4. The lowest BCUT2D eigenvalue weighted by Gasteiger charge is -2.40. The first-order valence-electron chi connectivity index (χ1n) is 9.56. The zero-order chi connectivity index (χ0) is 20.2. The SMILES string of the molecule is C[C@@H]1CN(c2cc(Oc3ccccc3F)ncn2)CCN1Cc1cccc(Cl)c1. The first-order valence-corrected chi connectivity index (χ1v) is 9.94. The number of aromatic nitrogens is 2. The Bertz CT molecular complexity index is 986. The van der Waals surface area contributed by atoms with E-state index in [0.29, 0.717) is 11.9 Å². The molecule has 29 heavy (non-hydrogen) atoms. The monoisotopic (exact) mass is 412 g/mol. The fourth-order valence-electron chi connectivity index (χ4n) is 3.51. The van der Waals surface area contributed by atoms with E-state index in [2.05, 4.69) is 32.8 Å². The van der Waals surface area contributed by atoms with Gasteiger partial charge in [0.15, 0.2) is 11.6 Å². The molecule has 0 N–H and O–H groups in total. The lowest BCUT2D eigenvalue weighted by Crippen LogP contribution is -2.51. The van der Waals surface area contributed by atoms with Crippen LogP contribution in [0.15, 0.2) is 60.9 Å². The van der Waals surface area contributed by atoms with Crippen molar-refractivity contribution in [3.8, 4) is 11.6 Å². The van der Waals surface area contributed by atoms with Gasteiger partial charge < -0.3 is 9.64 Å². The van der Waals surface area contributed by atoms with E-state index in [0.717, 1.165) is 37.0 Å². The molecule has 1 atom stereocenters. The Balaban J connectivity index is 1.42. The molecule has 0 amide bonds. The maximum atomic E-state index is 13.8. The van der Waals surface area contributed by atoms with Gasteiger partial charge in [-0.15, -0.1) is 0 Å². The molecular formula is C22H22ClFN4O. The van der Waals surface area contributed by atoms with Gasteiger partial charge in [-0.2, -0.15) is 0 Å². The van der Waals surface area contributed by atoms with E-state index in [1.165, 1.54) is 18.0 Å². The molecule has 2 heterocycles. The van der Waals surface area contributed by atoms with Crippen molar-refractivity contribution in [2.24, 2.45) is 0 Å². The lowest BCUT2D eigenvalue weighted by atomic mass is 10.1. The maximum absolute atomic E-state index is 13.8. The molecule has 1 saturated heterocycles. The smallest absolute Gasteiger partial charge is 0.224 e. The lowest BCUT2D eigenvalue weighted by molar-refractivity contribution is 0.180. The number of hydrogen-bond acceptors (Lipinski definition) is 5. The largest absolute Gasteiger partial charge is 0.436 e. The number of rotatable bonds is 5. The second kappa shape index (κ2) is 8.76. The van der Waals surface area contributed by atoms with Gasteiger partial charge in [-0.05, 0) is 36.8 Å². The van der Waals surface area contributed by atoms with Crippen LogP contribution in [0.25, 0.3) is 0 Å². The highest BCUT2D eigenvalue weighted by Gasteiger charge is 2.25. The maximum Gasteiger partial charge on any atom is 0.224 e. The minimum atomic E-state index is -0.420. The molecule has 1 fully saturated rings. The van der Waals surface area contributed by atoms with Gasteiger partial charge in [-0.3, -0.25) is 4.90 Å². The van der Waals surface area contributed by atoms with Crippen LogP contribution in [-0.2, 0) is 6.54 Å². The van der Waals surface area contributed by atoms with Crippen molar-refractivity contribution in [3.63, 3.8) is 0 Å². The molecule has 1 aliphatic heterocycles. The van der Waals surface area contributed by atoms with Crippen LogP contribution in [0, 0.1) is 5.82 Å². The van der Waals surface area contributed by atoms with Crippen LogP contribution in [0.4, 0.5) is 10.2 Å². The Labute approximate surface area is 174 Å². The third kappa shape index (κ3) is 4.83. The zero-order valence-electron chi connectivity index (χ0n) is 16.1. The van der Waals surface area contributed by atoms with Gasteiger partial charge in [0.05, 0.1) is 0 Å². The number of halogens is 2. The normalized spacial score (nSPS) is 17.3. The third-order valence-electron chi connectivity index (χ3n) is 5.04. The zero-order valence-corrected chi connectivity index (χ0v) is 16.9. The molecule has 7 heteroatoms. The van der Waals surface area contributed by atoms with E-state index in [4.69, 9.17) is 16.3 Å². The van der Waals surface area contributed by atoms with E-state index >= 15 is 0 Å². The highest BCUT2D eigenvalue weighted by Crippen LogP contribution is 2.26. The summed E-state index contributed by atoms with van der Waals surface area (Å²) in [5.41, 5.74) is 1.21. The standard InChI is InChI=1S/C22H22ClFN4O/c1-16-13-28(10-9-27(16)14-17-5-4-6-18(23)11-17)21-12-22(26-15-25-21)29-20-8-3-2-7-19(20)24/h2-8,11-12,15-16H,9-10,13-14H2,1H3/t16-/m1/s1. The van der Waals surface area contributed by atoms with Gasteiger partial charge in [-0.1, -0.05) is 35.9 Å². The van der Waals surface area contributed by atoms with Crippen molar-refractivity contribution < 1.29 is 9.13 Å². The molecule has 1 aliphatic rings. The molecule has 3 aromatic rings. The number of anilines is 1. The van der Waals surface area contributed by atoms with Gasteiger partial charge in [0.2, 0.25) is 5.88 Å². The Morgan fingerprint density at radius 3 is 2.76 bits per heavy atom. The Morgan fingerprint density at radius 1 is 1.10 bits per heavy atom. The molecule has 0 radical (unpaired) electrons.